The van der Waals surface area contributed by atoms with Gasteiger partial charge < -0.3 is 15.7 Å². The number of urea groups is 1. The van der Waals surface area contributed by atoms with Crippen molar-refractivity contribution in [3.05, 3.63) is 16.6 Å². The smallest absolute Gasteiger partial charge is 0.315 e. The van der Waals surface area contributed by atoms with Crippen molar-refractivity contribution < 1.29 is 14.7 Å². The number of carbonyl (C=O) groups excluding carboxylic acids is 1. The van der Waals surface area contributed by atoms with E-state index in [9.17, 15) is 9.59 Å². The lowest BCUT2D eigenvalue weighted by molar-refractivity contribution is -0.137. The highest BCUT2D eigenvalue weighted by atomic mass is 32.1. The average molecular weight is 285 g/mol. The van der Waals surface area contributed by atoms with E-state index in [2.05, 4.69) is 15.6 Å². The lowest BCUT2D eigenvalue weighted by atomic mass is 10.1. The van der Waals surface area contributed by atoms with Gasteiger partial charge in [0.25, 0.3) is 0 Å². The Bertz CT molecular complexity index is 395. The third-order valence-corrected chi connectivity index (χ3v) is 3.18. The van der Waals surface area contributed by atoms with Crippen LogP contribution < -0.4 is 10.6 Å². The molecule has 0 radical (unpaired) electrons. The third-order valence-electron chi connectivity index (χ3n) is 2.54. The molecule has 0 bridgehead atoms. The monoisotopic (exact) mass is 285 g/mol. The second kappa shape index (κ2) is 8.47. The molecule has 106 valence electrons. The summed E-state index contributed by atoms with van der Waals surface area (Å²) in [6.45, 7) is 2.44. The van der Waals surface area contributed by atoms with Crippen molar-refractivity contribution in [1.82, 2.24) is 15.6 Å². The van der Waals surface area contributed by atoms with Crippen LogP contribution in [0.3, 0.4) is 0 Å². The van der Waals surface area contributed by atoms with Crippen LogP contribution in [0.15, 0.2) is 10.9 Å². The Morgan fingerprint density at radius 1 is 1.53 bits per heavy atom. The molecule has 0 aliphatic rings. The fourth-order valence-electron chi connectivity index (χ4n) is 1.69. The van der Waals surface area contributed by atoms with Gasteiger partial charge in [0, 0.05) is 24.4 Å². The summed E-state index contributed by atoms with van der Waals surface area (Å²) in [5, 5.41) is 16.1. The number of nitrogens with zero attached hydrogens (tertiary/aromatic N) is 1. The van der Waals surface area contributed by atoms with Gasteiger partial charge in [-0.3, -0.25) is 4.79 Å². The molecule has 1 unspecified atom stereocenters. The molecule has 0 spiro atoms. The third kappa shape index (κ3) is 6.76. The quantitative estimate of drug-likeness (QED) is 0.677. The average Bonchev–Trinajstić information content (AvgIpc) is 2.81. The van der Waals surface area contributed by atoms with Crippen molar-refractivity contribution in [2.75, 3.05) is 6.54 Å². The maximum Gasteiger partial charge on any atom is 0.315 e. The molecule has 6 nitrogen and oxygen atoms in total. The van der Waals surface area contributed by atoms with E-state index in [1.54, 1.807) is 5.51 Å². The number of aliphatic carboxylic acids is 1. The number of carboxylic acid groups (broad SMARTS) is 1. The van der Waals surface area contributed by atoms with Gasteiger partial charge in [0.2, 0.25) is 0 Å². The van der Waals surface area contributed by atoms with Crippen LogP contribution >= 0.6 is 11.3 Å². The van der Waals surface area contributed by atoms with Crippen molar-refractivity contribution >= 4 is 23.3 Å². The Morgan fingerprint density at radius 3 is 2.89 bits per heavy atom. The zero-order chi connectivity index (χ0) is 14.1. The first-order valence-electron chi connectivity index (χ1n) is 6.25. The largest absolute Gasteiger partial charge is 0.481 e. The minimum atomic E-state index is -0.902. The molecule has 0 aliphatic heterocycles. The number of hydrogen-bond donors (Lipinski definition) is 3. The minimum absolute atomic E-state index is 0.0483. The Kier molecular flexibility index (Phi) is 6.88. The van der Waals surface area contributed by atoms with Crippen LogP contribution in [0.25, 0.3) is 0 Å². The molecule has 1 heterocycles. The molecule has 2 amide bonds. The highest BCUT2D eigenvalue weighted by Crippen LogP contribution is 2.02. The van der Waals surface area contributed by atoms with Gasteiger partial charge >= 0.3 is 12.0 Å². The van der Waals surface area contributed by atoms with E-state index in [0.29, 0.717) is 19.4 Å². The van der Waals surface area contributed by atoms with E-state index in [4.69, 9.17) is 5.11 Å². The number of carbonyl (C=O) groups is 2. The molecule has 0 aromatic carbocycles. The van der Waals surface area contributed by atoms with Crippen molar-refractivity contribution in [1.29, 1.82) is 0 Å². The van der Waals surface area contributed by atoms with E-state index >= 15 is 0 Å². The van der Waals surface area contributed by atoms with Gasteiger partial charge in [0.1, 0.15) is 0 Å². The molecule has 1 rings (SSSR count). The maximum absolute atomic E-state index is 11.6. The van der Waals surface area contributed by atoms with Crippen LogP contribution in [-0.2, 0) is 11.2 Å². The molecule has 0 fully saturated rings. The number of aromatic nitrogens is 1. The van der Waals surface area contributed by atoms with Gasteiger partial charge in [0.05, 0.1) is 17.6 Å². The van der Waals surface area contributed by atoms with Gasteiger partial charge in [-0.15, -0.1) is 11.3 Å². The summed E-state index contributed by atoms with van der Waals surface area (Å²) in [6, 6.07) is -0.642. The topological polar surface area (TPSA) is 91.3 Å². The normalized spacial score (nSPS) is 11.8. The first-order chi connectivity index (χ1) is 9.11. The number of nitrogens with one attached hydrogen (secondary N) is 2. The van der Waals surface area contributed by atoms with Gasteiger partial charge in [-0.25, -0.2) is 9.78 Å². The number of carboxylic acids is 1. The summed E-state index contributed by atoms with van der Waals surface area (Å²) in [7, 11) is 0. The van der Waals surface area contributed by atoms with Gasteiger partial charge in [-0.1, -0.05) is 13.3 Å². The molecule has 0 saturated heterocycles. The molecular weight excluding hydrogens is 266 g/mol. The van der Waals surface area contributed by atoms with Crippen molar-refractivity contribution in [3.8, 4) is 0 Å². The van der Waals surface area contributed by atoms with E-state index in [0.717, 1.165) is 12.1 Å². The zero-order valence-corrected chi connectivity index (χ0v) is 11.7. The fourth-order valence-corrected chi connectivity index (χ4v) is 2.28. The molecular formula is C12H19N3O3S. The summed E-state index contributed by atoms with van der Waals surface area (Å²) in [6.07, 6.45) is 2.12. The maximum atomic E-state index is 11.6. The van der Waals surface area contributed by atoms with E-state index < -0.39 is 5.97 Å². The summed E-state index contributed by atoms with van der Waals surface area (Å²) in [5.74, 6) is -0.902. The number of thiazole rings is 1. The summed E-state index contributed by atoms with van der Waals surface area (Å²) in [4.78, 5) is 26.4. The predicted molar refractivity (Wildman–Crippen MR) is 73.3 cm³/mol. The van der Waals surface area contributed by atoms with Crippen LogP contribution in [0.1, 0.15) is 31.9 Å². The van der Waals surface area contributed by atoms with E-state index in [1.165, 1.54) is 11.3 Å². The van der Waals surface area contributed by atoms with Gasteiger partial charge in [0.15, 0.2) is 0 Å². The summed E-state index contributed by atoms with van der Waals surface area (Å²) in [5.41, 5.74) is 2.69. The summed E-state index contributed by atoms with van der Waals surface area (Å²) < 4.78 is 0. The van der Waals surface area contributed by atoms with Gasteiger partial charge in [-0.05, 0) is 6.42 Å². The Morgan fingerprint density at radius 2 is 2.32 bits per heavy atom. The van der Waals surface area contributed by atoms with E-state index in [1.807, 2.05) is 12.3 Å². The molecule has 1 aromatic rings. The first-order valence-corrected chi connectivity index (χ1v) is 7.19. The molecule has 19 heavy (non-hydrogen) atoms. The van der Waals surface area contributed by atoms with Crippen molar-refractivity contribution in [2.24, 2.45) is 0 Å². The standard InChI is InChI=1S/C12H19N3O3S/c1-2-3-9(6-11(16)17)15-12(18)13-5-4-10-7-19-8-14-10/h7-9H,2-6H2,1H3,(H,16,17)(H2,13,15,18). The molecule has 0 aliphatic carbocycles. The lowest BCUT2D eigenvalue weighted by Crippen LogP contribution is -2.43. The molecule has 1 atom stereocenters. The van der Waals surface area contributed by atoms with Gasteiger partial charge in [-0.2, -0.15) is 0 Å². The van der Waals surface area contributed by atoms with Crippen molar-refractivity contribution in [2.45, 2.75) is 38.6 Å². The zero-order valence-electron chi connectivity index (χ0n) is 10.9. The number of amides is 2. The van der Waals surface area contributed by atoms with Crippen LogP contribution in [0.5, 0.6) is 0 Å². The highest BCUT2D eigenvalue weighted by molar-refractivity contribution is 7.07. The van der Waals surface area contributed by atoms with Crippen LogP contribution in [-0.4, -0.2) is 34.7 Å². The van der Waals surface area contributed by atoms with Crippen molar-refractivity contribution in [3.63, 3.8) is 0 Å². The number of hydrogen-bond acceptors (Lipinski definition) is 4. The second-order valence-corrected chi connectivity index (χ2v) is 4.93. The molecule has 3 N–H and O–H groups in total. The lowest BCUT2D eigenvalue weighted by Gasteiger charge is -2.16. The Hall–Kier alpha value is -1.63. The Balaban J connectivity index is 2.25. The second-order valence-electron chi connectivity index (χ2n) is 4.21. The van der Waals surface area contributed by atoms with E-state index in [-0.39, 0.29) is 18.5 Å². The van der Waals surface area contributed by atoms with Crippen LogP contribution in [0.4, 0.5) is 4.79 Å². The highest BCUT2D eigenvalue weighted by Gasteiger charge is 2.14. The Labute approximate surface area is 116 Å². The first kappa shape index (κ1) is 15.4. The fraction of sp³-hybridized carbons (Fsp3) is 0.583. The molecule has 7 heteroatoms. The SMILES string of the molecule is CCCC(CC(=O)O)NC(=O)NCCc1cscn1. The summed E-state index contributed by atoms with van der Waals surface area (Å²) >= 11 is 1.52. The predicted octanol–water partition coefficient (Wildman–Crippen LogP) is 1.63. The molecule has 0 saturated carbocycles. The minimum Gasteiger partial charge on any atom is -0.481 e. The van der Waals surface area contributed by atoms with Crippen LogP contribution in [0.2, 0.25) is 0 Å². The van der Waals surface area contributed by atoms with Crippen LogP contribution in [0, 0.1) is 0 Å². The number of rotatable bonds is 8. The molecule has 1 aromatic heterocycles.